The minimum absolute atomic E-state index is 0.00910. The molecular weight excluding hydrogens is 298 g/mol. The molecule has 2 radical (unpaired) electrons. The molecule has 4 rings (SSSR count). The Morgan fingerprint density at radius 1 is 0.667 bits per heavy atom. The van der Waals surface area contributed by atoms with E-state index in [1.54, 1.807) is 15.2 Å². The van der Waals surface area contributed by atoms with E-state index < -0.39 is 0 Å². The van der Waals surface area contributed by atoms with Gasteiger partial charge in [-0.05, 0) is 24.0 Å². The molecule has 2 aliphatic heterocycles. The molecule has 4 nitrogen and oxygen atoms in total. The average molecular weight is 318 g/mol. The standard InChI is InChI=1S/C18H20B2N2O2/c1-3-7-13(8-4-1)11-15-17(23-19-21-15)18-16(22-20-24-18)12-14-9-5-2-6-10-14/h1-10,15-18,21-22H,11-12H2/t15-,16-,17+,18+/m1/s1. The van der Waals surface area contributed by atoms with Crippen LogP contribution in [-0.4, -0.2) is 39.5 Å². The monoisotopic (exact) mass is 318 g/mol. The van der Waals surface area contributed by atoms with Gasteiger partial charge in [0.1, 0.15) is 0 Å². The summed E-state index contributed by atoms with van der Waals surface area (Å²) in [6, 6.07) is 21.4. The fraction of sp³-hybridized carbons (Fsp3) is 0.333. The molecule has 2 N–H and O–H groups in total. The van der Waals surface area contributed by atoms with Gasteiger partial charge in [0, 0.05) is 12.1 Å². The minimum atomic E-state index is -0.00910. The SMILES string of the molecule is [B]1N[C@H](Cc2ccccc2)[C@@H]([C@H]2O[B]N[C@@H]2Cc2ccccc2)O1. The van der Waals surface area contributed by atoms with E-state index in [1.165, 1.54) is 11.1 Å². The highest BCUT2D eigenvalue weighted by atomic mass is 16.5. The minimum Gasteiger partial charge on any atom is -0.417 e. The third kappa shape index (κ3) is 3.57. The molecule has 0 aliphatic carbocycles. The first-order valence-corrected chi connectivity index (χ1v) is 8.44. The van der Waals surface area contributed by atoms with E-state index >= 15 is 0 Å². The quantitative estimate of drug-likeness (QED) is 0.815. The van der Waals surface area contributed by atoms with E-state index in [9.17, 15) is 0 Å². The number of nitrogens with one attached hydrogen (secondary N) is 2. The van der Waals surface area contributed by atoms with Crippen molar-refractivity contribution in [2.75, 3.05) is 0 Å². The second-order valence-corrected chi connectivity index (χ2v) is 6.36. The Morgan fingerprint density at radius 2 is 1.08 bits per heavy atom. The zero-order valence-electron chi connectivity index (χ0n) is 13.5. The van der Waals surface area contributed by atoms with Crippen molar-refractivity contribution in [3.8, 4) is 0 Å². The summed E-state index contributed by atoms with van der Waals surface area (Å²) < 4.78 is 11.7. The maximum absolute atomic E-state index is 5.87. The van der Waals surface area contributed by atoms with Crippen molar-refractivity contribution in [3.05, 3.63) is 71.8 Å². The molecule has 0 spiro atoms. The van der Waals surface area contributed by atoms with Gasteiger partial charge in [-0.3, -0.25) is 0 Å². The first-order chi connectivity index (χ1) is 11.9. The van der Waals surface area contributed by atoms with Gasteiger partial charge in [-0.25, -0.2) is 0 Å². The molecule has 0 amide bonds. The van der Waals surface area contributed by atoms with E-state index in [1.807, 2.05) is 12.1 Å². The molecule has 0 bridgehead atoms. The summed E-state index contributed by atoms with van der Waals surface area (Å²) in [6.07, 6.45) is 1.81. The van der Waals surface area contributed by atoms with Crippen LogP contribution in [0.25, 0.3) is 0 Å². The molecule has 2 heterocycles. The first-order valence-electron chi connectivity index (χ1n) is 8.44. The number of hydrogen-bond donors (Lipinski definition) is 2. The highest BCUT2D eigenvalue weighted by Crippen LogP contribution is 2.23. The third-order valence-corrected chi connectivity index (χ3v) is 4.73. The van der Waals surface area contributed by atoms with Crippen LogP contribution in [0.4, 0.5) is 0 Å². The molecule has 4 atom stereocenters. The Hall–Kier alpha value is -1.59. The van der Waals surface area contributed by atoms with Crippen LogP contribution < -0.4 is 10.5 Å². The molecule has 2 fully saturated rings. The molecule has 0 saturated carbocycles. The van der Waals surface area contributed by atoms with Gasteiger partial charge in [-0.15, -0.1) is 0 Å². The van der Waals surface area contributed by atoms with Crippen molar-refractivity contribution in [3.63, 3.8) is 0 Å². The fourth-order valence-electron chi connectivity index (χ4n) is 3.49. The Labute approximate surface area is 144 Å². The fourth-order valence-corrected chi connectivity index (χ4v) is 3.49. The number of rotatable bonds is 5. The molecule has 2 aliphatic rings. The Balaban J connectivity index is 1.44. The summed E-state index contributed by atoms with van der Waals surface area (Å²) in [6.45, 7) is 0. The number of benzene rings is 2. The highest BCUT2D eigenvalue weighted by Gasteiger charge is 2.42. The van der Waals surface area contributed by atoms with Gasteiger partial charge in [0.05, 0.1) is 12.2 Å². The van der Waals surface area contributed by atoms with Gasteiger partial charge in [-0.2, -0.15) is 0 Å². The molecule has 6 heteroatoms. The molecule has 0 unspecified atom stereocenters. The van der Waals surface area contributed by atoms with E-state index in [0.717, 1.165) is 12.8 Å². The lowest BCUT2D eigenvalue weighted by Gasteiger charge is -2.29. The molecule has 120 valence electrons. The second kappa shape index (κ2) is 7.53. The van der Waals surface area contributed by atoms with Crippen molar-refractivity contribution >= 4 is 15.2 Å². The molecule has 24 heavy (non-hydrogen) atoms. The molecule has 2 aromatic carbocycles. The molecule has 2 aromatic rings. The Bertz CT molecular complexity index is 586. The third-order valence-electron chi connectivity index (χ3n) is 4.73. The van der Waals surface area contributed by atoms with Crippen LogP contribution in [0.15, 0.2) is 60.7 Å². The van der Waals surface area contributed by atoms with Gasteiger partial charge in [0.25, 0.3) is 0 Å². The second-order valence-electron chi connectivity index (χ2n) is 6.36. The van der Waals surface area contributed by atoms with Crippen molar-refractivity contribution in [2.24, 2.45) is 0 Å². The normalized spacial score (nSPS) is 29.2. The highest BCUT2D eigenvalue weighted by molar-refractivity contribution is 6.26. The summed E-state index contributed by atoms with van der Waals surface area (Å²) in [4.78, 5) is 0. The maximum atomic E-state index is 5.87. The zero-order valence-corrected chi connectivity index (χ0v) is 13.5. The Morgan fingerprint density at radius 3 is 1.50 bits per heavy atom. The van der Waals surface area contributed by atoms with Crippen LogP contribution in [0.1, 0.15) is 11.1 Å². The van der Waals surface area contributed by atoms with E-state index in [2.05, 4.69) is 59.0 Å². The van der Waals surface area contributed by atoms with Crippen LogP contribution in [0.5, 0.6) is 0 Å². The van der Waals surface area contributed by atoms with Gasteiger partial charge < -0.3 is 19.8 Å². The van der Waals surface area contributed by atoms with Crippen LogP contribution in [-0.2, 0) is 22.2 Å². The molecule has 2 saturated heterocycles. The van der Waals surface area contributed by atoms with Crippen molar-refractivity contribution in [1.29, 1.82) is 0 Å². The van der Waals surface area contributed by atoms with E-state index in [4.69, 9.17) is 9.31 Å². The van der Waals surface area contributed by atoms with Crippen molar-refractivity contribution in [1.82, 2.24) is 10.5 Å². The smallest absolute Gasteiger partial charge is 0.396 e. The van der Waals surface area contributed by atoms with E-state index in [0.29, 0.717) is 0 Å². The molecule has 0 aromatic heterocycles. The number of hydrogen-bond acceptors (Lipinski definition) is 4. The van der Waals surface area contributed by atoms with Gasteiger partial charge in [0.15, 0.2) is 0 Å². The summed E-state index contributed by atoms with van der Waals surface area (Å²) in [5, 5.41) is 6.70. The topological polar surface area (TPSA) is 42.5 Å². The van der Waals surface area contributed by atoms with E-state index in [-0.39, 0.29) is 24.3 Å². The zero-order chi connectivity index (χ0) is 16.2. The van der Waals surface area contributed by atoms with Gasteiger partial charge in [0.2, 0.25) is 0 Å². The predicted molar refractivity (Wildman–Crippen MR) is 95.4 cm³/mol. The van der Waals surface area contributed by atoms with Gasteiger partial charge in [-0.1, -0.05) is 60.7 Å². The summed E-state index contributed by atoms with van der Waals surface area (Å²) in [5.74, 6) is 0. The average Bonchev–Trinajstić information content (AvgIpc) is 3.26. The maximum Gasteiger partial charge on any atom is 0.396 e. The van der Waals surface area contributed by atoms with Crippen LogP contribution in [0.3, 0.4) is 0 Å². The van der Waals surface area contributed by atoms with Gasteiger partial charge >= 0.3 is 15.2 Å². The Kier molecular flexibility index (Phi) is 4.99. The lowest BCUT2D eigenvalue weighted by molar-refractivity contribution is 0.0591. The summed E-state index contributed by atoms with van der Waals surface area (Å²) in [7, 11) is 3.42. The largest absolute Gasteiger partial charge is 0.417 e. The summed E-state index contributed by atoms with van der Waals surface area (Å²) >= 11 is 0. The van der Waals surface area contributed by atoms with Crippen LogP contribution >= 0.6 is 0 Å². The first kappa shape index (κ1) is 15.9. The lowest BCUT2D eigenvalue weighted by Crippen LogP contribution is -2.47. The van der Waals surface area contributed by atoms with Crippen molar-refractivity contribution in [2.45, 2.75) is 37.1 Å². The molecular formula is C18H20B2N2O2. The van der Waals surface area contributed by atoms with Crippen LogP contribution in [0, 0.1) is 0 Å². The summed E-state index contributed by atoms with van der Waals surface area (Å²) in [5.41, 5.74) is 2.60. The predicted octanol–water partition coefficient (Wildman–Crippen LogP) is 1.25. The lowest BCUT2D eigenvalue weighted by atomic mass is 9.92. The van der Waals surface area contributed by atoms with Crippen molar-refractivity contribution < 1.29 is 9.31 Å². The van der Waals surface area contributed by atoms with Crippen LogP contribution in [0.2, 0.25) is 0 Å².